The Morgan fingerprint density at radius 3 is 2.67 bits per heavy atom. The Bertz CT molecular complexity index is 636. The predicted molar refractivity (Wildman–Crippen MR) is 78.5 cm³/mol. The monoisotopic (exact) mass is 312 g/mol. The molecule has 1 aromatic rings. The van der Waals surface area contributed by atoms with Crippen molar-refractivity contribution in [2.75, 3.05) is 6.61 Å². The largest absolute Gasteiger partial charge is 0.378 e. The van der Waals surface area contributed by atoms with E-state index >= 15 is 0 Å². The first kappa shape index (κ1) is 15.9. The Balaban J connectivity index is 2.04. The van der Waals surface area contributed by atoms with Crippen molar-refractivity contribution in [1.82, 2.24) is 5.32 Å². The third kappa shape index (κ3) is 3.81. The van der Waals surface area contributed by atoms with E-state index in [4.69, 9.17) is 9.88 Å². The summed E-state index contributed by atoms with van der Waals surface area (Å²) in [5.41, 5.74) is 0.818. The van der Waals surface area contributed by atoms with Gasteiger partial charge in [0.05, 0.1) is 11.0 Å². The van der Waals surface area contributed by atoms with E-state index in [1.54, 1.807) is 19.1 Å². The molecular weight excluding hydrogens is 292 g/mol. The van der Waals surface area contributed by atoms with Gasteiger partial charge < -0.3 is 10.1 Å². The van der Waals surface area contributed by atoms with Crippen LogP contribution in [0.3, 0.4) is 0 Å². The van der Waals surface area contributed by atoms with Crippen LogP contribution in [0, 0.1) is 6.92 Å². The molecule has 0 bridgehead atoms. The van der Waals surface area contributed by atoms with E-state index in [1.165, 1.54) is 6.07 Å². The van der Waals surface area contributed by atoms with Crippen LogP contribution in [-0.2, 0) is 14.8 Å². The lowest BCUT2D eigenvalue weighted by Gasteiger charge is -2.35. The van der Waals surface area contributed by atoms with E-state index in [1.807, 2.05) is 6.92 Å². The highest BCUT2D eigenvalue weighted by molar-refractivity contribution is 7.89. The summed E-state index contributed by atoms with van der Waals surface area (Å²) in [6, 6.07) is 4.57. The molecular formula is C14H20N2O4S. The van der Waals surface area contributed by atoms with Crippen molar-refractivity contribution in [2.45, 2.75) is 43.7 Å². The van der Waals surface area contributed by atoms with Gasteiger partial charge in [0.25, 0.3) is 5.91 Å². The highest BCUT2D eigenvalue weighted by atomic mass is 32.2. The van der Waals surface area contributed by atoms with Crippen LogP contribution < -0.4 is 10.5 Å². The Morgan fingerprint density at radius 1 is 1.43 bits per heavy atom. The second-order valence-corrected chi connectivity index (χ2v) is 6.77. The number of sulfonamides is 1. The van der Waals surface area contributed by atoms with Gasteiger partial charge in [0.15, 0.2) is 0 Å². The smallest absolute Gasteiger partial charge is 0.251 e. The van der Waals surface area contributed by atoms with E-state index in [0.717, 1.165) is 12.8 Å². The maximum Gasteiger partial charge on any atom is 0.251 e. The summed E-state index contributed by atoms with van der Waals surface area (Å²) in [4.78, 5) is 12.1. The van der Waals surface area contributed by atoms with Crippen LogP contribution >= 0.6 is 0 Å². The Kier molecular flexibility index (Phi) is 4.65. The fraction of sp³-hybridized carbons (Fsp3) is 0.500. The first-order valence-corrected chi connectivity index (χ1v) is 8.41. The third-order valence-electron chi connectivity index (χ3n) is 3.59. The average molecular weight is 312 g/mol. The fourth-order valence-electron chi connectivity index (χ4n) is 2.37. The van der Waals surface area contributed by atoms with Gasteiger partial charge in [-0.15, -0.1) is 0 Å². The number of rotatable bonds is 5. The minimum Gasteiger partial charge on any atom is -0.378 e. The number of carbonyl (C=O) groups is 1. The standard InChI is InChI=1S/C14H20N2O4S/c1-3-20-12-7-11(8-12)16-14(17)10-5-4-9(2)13(6-10)21(15,18)19/h4-6,11-12H,3,7-8H2,1-2H3,(H,16,17)(H2,15,18,19). The number of hydrogen-bond donors (Lipinski definition) is 2. The normalized spacial score (nSPS) is 21.7. The number of carbonyl (C=O) groups excluding carboxylic acids is 1. The molecule has 1 fully saturated rings. The van der Waals surface area contributed by atoms with Crippen molar-refractivity contribution in [3.63, 3.8) is 0 Å². The molecule has 1 saturated carbocycles. The number of hydrogen-bond acceptors (Lipinski definition) is 4. The van der Waals surface area contributed by atoms with Crippen molar-refractivity contribution in [3.8, 4) is 0 Å². The molecule has 0 aromatic heterocycles. The summed E-state index contributed by atoms with van der Waals surface area (Å²) in [6.07, 6.45) is 1.78. The number of nitrogens with two attached hydrogens (primary N) is 1. The molecule has 0 heterocycles. The molecule has 7 heteroatoms. The van der Waals surface area contributed by atoms with E-state index in [-0.39, 0.29) is 22.9 Å². The molecule has 0 radical (unpaired) electrons. The van der Waals surface area contributed by atoms with Crippen LogP contribution in [0.4, 0.5) is 0 Å². The summed E-state index contributed by atoms with van der Waals surface area (Å²) >= 11 is 0. The van der Waals surface area contributed by atoms with Gasteiger partial charge in [-0.25, -0.2) is 13.6 Å². The molecule has 0 unspecified atom stereocenters. The SMILES string of the molecule is CCOC1CC(NC(=O)c2ccc(C)c(S(N)(=O)=O)c2)C1. The highest BCUT2D eigenvalue weighted by Crippen LogP contribution is 2.24. The van der Waals surface area contributed by atoms with E-state index in [9.17, 15) is 13.2 Å². The molecule has 0 spiro atoms. The maximum absolute atomic E-state index is 12.1. The van der Waals surface area contributed by atoms with Crippen molar-refractivity contribution in [3.05, 3.63) is 29.3 Å². The van der Waals surface area contributed by atoms with Crippen LogP contribution in [-0.4, -0.2) is 33.1 Å². The summed E-state index contributed by atoms with van der Waals surface area (Å²) in [5.74, 6) is -0.292. The first-order chi connectivity index (χ1) is 9.81. The zero-order valence-electron chi connectivity index (χ0n) is 12.1. The van der Waals surface area contributed by atoms with Crippen molar-refractivity contribution < 1.29 is 17.9 Å². The molecule has 0 aliphatic heterocycles. The van der Waals surface area contributed by atoms with Gasteiger partial charge in [0.2, 0.25) is 10.0 Å². The zero-order valence-corrected chi connectivity index (χ0v) is 12.9. The lowest BCUT2D eigenvalue weighted by atomic mass is 9.89. The molecule has 1 aliphatic carbocycles. The van der Waals surface area contributed by atoms with Crippen LogP contribution in [0.5, 0.6) is 0 Å². The van der Waals surface area contributed by atoms with Crippen molar-refractivity contribution >= 4 is 15.9 Å². The van der Waals surface area contributed by atoms with Crippen LogP contribution in [0.25, 0.3) is 0 Å². The zero-order chi connectivity index (χ0) is 15.6. The molecule has 21 heavy (non-hydrogen) atoms. The summed E-state index contributed by atoms with van der Waals surface area (Å²) in [7, 11) is -3.83. The molecule has 1 amide bonds. The average Bonchev–Trinajstić information content (AvgIpc) is 2.35. The third-order valence-corrected chi connectivity index (χ3v) is 4.64. The molecule has 0 saturated heterocycles. The second kappa shape index (κ2) is 6.13. The summed E-state index contributed by atoms with van der Waals surface area (Å²) < 4.78 is 28.4. The first-order valence-electron chi connectivity index (χ1n) is 6.87. The molecule has 0 atom stereocenters. The van der Waals surface area contributed by atoms with Gasteiger partial charge in [-0.2, -0.15) is 0 Å². The minimum absolute atomic E-state index is 0.0176. The predicted octanol–water partition coefficient (Wildman–Crippen LogP) is 0.940. The van der Waals surface area contributed by atoms with Crippen LogP contribution in [0.1, 0.15) is 35.7 Å². The number of aryl methyl sites for hydroxylation is 1. The maximum atomic E-state index is 12.1. The van der Waals surface area contributed by atoms with Crippen LogP contribution in [0.2, 0.25) is 0 Å². The Labute approximate surface area is 124 Å². The van der Waals surface area contributed by atoms with Crippen molar-refractivity contribution in [1.29, 1.82) is 0 Å². The Hall–Kier alpha value is -1.44. The number of ether oxygens (including phenoxy) is 1. The summed E-state index contributed by atoms with van der Waals surface area (Å²) in [5, 5.41) is 8.01. The lowest BCUT2D eigenvalue weighted by molar-refractivity contribution is -0.00862. The topological polar surface area (TPSA) is 98.5 Å². The van der Waals surface area contributed by atoms with E-state index in [0.29, 0.717) is 17.7 Å². The van der Waals surface area contributed by atoms with Gasteiger partial charge in [0, 0.05) is 18.2 Å². The molecule has 1 aliphatic rings. The van der Waals surface area contributed by atoms with E-state index < -0.39 is 10.0 Å². The number of amides is 1. The summed E-state index contributed by atoms with van der Waals surface area (Å²) in [6.45, 7) is 4.24. The quantitative estimate of drug-likeness (QED) is 0.845. The molecule has 116 valence electrons. The van der Waals surface area contributed by atoms with Gasteiger partial charge in [-0.05, 0) is 44.4 Å². The number of primary sulfonamides is 1. The molecule has 2 rings (SSSR count). The van der Waals surface area contributed by atoms with Gasteiger partial charge in [-0.1, -0.05) is 6.07 Å². The fourth-order valence-corrected chi connectivity index (χ4v) is 3.18. The molecule has 1 aromatic carbocycles. The van der Waals surface area contributed by atoms with Crippen LogP contribution in [0.15, 0.2) is 23.1 Å². The lowest BCUT2D eigenvalue weighted by Crippen LogP contribution is -2.47. The second-order valence-electron chi connectivity index (χ2n) is 5.24. The highest BCUT2D eigenvalue weighted by Gasteiger charge is 2.31. The minimum atomic E-state index is -3.83. The molecule has 6 nitrogen and oxygen atoms in total. The van der Waals surface area contributed by atoms with Gasteiger partial charge in [0.1, 0.15) is 0 Å². The number of nitrogens with one attached hydrogen (secondary N) is 1. The van der Waals surface area contributed by atoms with Gasteiger partial charge >= 0.3 is 0 Å². The van der Waals surface area contributed by atoms with Crippen molar-refractivity contribution in [2.24, 2.45) is 5.14 Å². The number of benzene rings is 1. The van der Waals surface area contributed by atoms with Gasteiger partial charge in [-0.3, -0.25) is 4.79 Å². The Morgan fingerprint density at radius 2 is 2.10 bits per heavy atom. The van der Waals surface area contributed by atoms with E-state index in [2.05, 4.69) is 5.32 Å². The molecule has 3 N–H and O–H groups in total.